The van der Waals surface area contributed by atoms with Crippen molar-refractivity contribution in [2.75, 3.05) is 24.6 Å². The van der Waals surface area contributed by atoms with Crippen LogP contribution >= 0.6 is 23.2 Å². The summed E-state index contributed by atoms with van der Waals surface area (Å²) in [6.07, 6.45) is 1.08. The van der Waals surface area contributed by atoms with E-state index >= 15 is 0 Å². The third-order valence-electron chi connectivity index (χ3n) is 4.60. The van der Waals surface area contributed by atoms with Gasteiger partial charge < -0.3 is 14.5 Å². The third-order valence-corrected chi connectivity index (χ3v) is 5.28. The fourth-order valence-corrected chi connectivity index (χ4v) is 3.62. The lowest BCUT2D eigenvalue weighted by molar-refractivity contribution is -0.164. The van der Waals surface area contributed by atoms with E-state index in [4.69, 9.17) is 32.8 Å². The van der Waals surface area contributed by atoms with Gasteiger partial charge in [0.25, 0.3) is 5.91 Å². The summed E-state index contributed by atoms with van der Waals surface area (Å²) in [5.74, 6) is -0.316. The van der Waals surface area contributed by atoms with Crippen LogP contribution in [0.15, 0.2) is 36.2 Å². The summed E-state index contributed by atoms with van der Waals surface area (Å²) in [6, 6.07) is 7.06. The number of benzene rings is 1. The van der Waals surface area contributed by atoms with Crippen LogP contribution < -0.4 is 10.4 Å². The number of amides is 1. The van der Waals surface area contributed by atoms with E-state index in [1.807, 2.05) is 18.0 Å². The maximum Gasteiger partial charge on any atom is 0.528 e. The zero-order valence-corrected chi connectivity index (χ0v) is 18.9. The molecule has 164 valence electrons. The molecule has 2 atom stereocenters. The highest BCUT2D eigenvalue weighted by molar-refractivity contribution is 6.33. The lowest BCUT2D eigenvalue weighted by Crippen LogP contribution is -2.57. The molecule has 0 spiro atoms. The van der Waals surface area contributed by atoms with Crippen LogP contribution in [-0.4, -0.2) is 58.7 Å². The fourth-order valence-electron chi connectivity index (χ4n) is 3.26. The molecule has 2 heterocycles. The Morgan fingerprint density at radius 3 is 2.47 bits per heavy atom. The molecule has 10 heteroatoms. The van der Waals surface area contributed by atoms with E-state index in [-0.39, 0.29) is 11.9 Å². The van der Waals surface area contributed by atoms with E-state index in [1.54, 1.807) is 55.1 Å². The van der Waals surface area contributed by atoms with Crippen molar-refractivity contribution in [2.45, 2.75) is 44.7 Å². The molecule has 1 saturated heterocycles. The number of hydrogen-bond donors (Lipinski definition) is 1. The number of anilines is 1. The number of nitrogens with one attached hydrogen (secondary N) is 1. The molecule has 0 saturated carbocycles. The summed E-state index contributed by atoms with van der Waals surface area (Å²) in [6.45, 7) is 8.75. The van der Waals surface area contributed by atoms with Crippen LogP contribution in [0.4, 0.5) is 10.5 Å². The van der Waals surface area contributed by atoms with Crippen molar-refractivity contribution in [1.29, 1.82) is 0 Å². The monoisotopic (exact) mass is 456 g/mol. The van der Waals surface area contributed by atoms with E-state index in [9.17, 15) is 9.59 Å². The van der Waals surface area contributed by atoms with Gasteiger partial charge in [0.05, 0.1) is 24.5 Å². The topological polar surface area (TPSA) is 74.3 Å². The summed E-state index contributed by atoms with van der Waals surface area (Å²) in [5, 5.41) is 2.98. The molecule has 1 amide bonds. The Labute approximate surface area is 186 Å². The molecule has 1 fully saturated rings. The Kier molecular flexibility index (Phi) is 6.69. The highest BCUT2D eigenvalue weighted by atomic mass is 35.5. The van der Waals surface area contributed by atoms with E-state index < -0.39 is 17.1 Å². The van der Waals surface area contributed by atoms with Gasteiger partial charge in [-0.1, -0.05) is 11.6 Å². The first-order valence-electron chi connectivity index (χ1n) is 9.67. The minimum Gasteiger partial charge on any atom is -0.427 e. The largest absolute Gasteiger partial charge is 0.528 e. The first-order chi connectivity index (χ1) is 14.0. The molecule has 1 aromatic rings. The maximum atomic E-state index is 12.5. The van der Waals surface area contributed by atoms with Crippen LogP contribution in [0, 0.1) is 0 Å². The Hall–Kier alpha value is -2.16. The molecule has 0 bridgehead atoms. The van der Waals surface area contributed by atoms with Crippen molar-refractivity contribution < 1.29 is 19.2 Å². The van der Waals surface area contributed by atoms with Gasteiger partial charge in [-0.05, 0) is 52.0 Å². The van der Waals surface area contributed by atoms with Crippen molar-refractivity contribution in [3.05, 3.63) is 41.2 Å². The summed E-state index contributed by atoms with van der Waals surface area (Å²) < 4.78 is 5.20. The smallest absolute Gasteiger partial charge is 0.427 e. The first kappa shape index (κ1) is 22.5. The molecule has 1 aromatic carbocycles. The van der Waals surface area contributed by atoms with Gasteiger partial charge in [-0.3, -0.25) is 15.2 Å². The predicted molar refractivity (Wildman–Crippen MR) is 115 cm³/mol. The minimum atomic E-state index is -0.825. The summed E-state index contributed by atoms with van der Waals surface area (Å²) in [7, 11) is 0. The van der Waals surface area contributed by atoms with Crippen LogP contribution in [0.25, 0.3) is 0 Å². The van der Waals surface area contributed by atoms with Gasteiger partial charge in [0.1, 0.15) is 5.60 Å². The highest BCUT2D eigenvalue weighted by Gasteiger charge is 2.36. The van der Waals surface area contributed by atoms with Gasteiger partial charge in [-0.2, -0.15) is 0 Å². The highest BCUT2D eigenvalue weighted by Crippen LogP contribution is 2.27. The number of halogens is 2. The number of carbonyl (C=O) groups is 2. The molecule has 0 aliphatic carbocycles. The number of ether oxygens (including phenoxy) is 1. The number of hydrogen-bond acceptors (Lipinski definition) is 7. The lowest BCUT2D eigenvalue weighted by atomic mass is 10.1. The zero-order chi connectivity index (χ0) is 22.1. The molecule has 2 unspecified atom stereocenters. The van der Waals surface area contributed by atoms with E-state index in [0.717, 1.165) is 5.69 Å². The molecule has 2 aliphatic heterocycles. The van der Waals surface area contributed by atoms with Gasteiger partial charge in [-0.25, -0.2) is 4.79 Å². The van der Waals surface area contributed by atoms with Gasteiger partial charge in [0.15, 0.2) is 5.38 Å². The Morgan fingerprint density at radius 1 is 1.20 bits per heavy atom. The Morgan fingerprint density at radius 2 is 1.87 bits per heavy atom. The number of nitrogens with zero attached hydrogens (tertiary/aromatic N) is 3. The van der Waals surface area contributed by atoms with Crippen molar-refractivity contribution in [1.82, 2.24) is 15.4 Å². The second kappa shape index (κ2) is 8.91. The van der Waals surface area contributed by atoms with Crippen LogP contribution in [0.1, 0.15) is 27.7 Å². The van der Waals surface area contributed by atoms with E-state index in [1.165, 1.54) is 0 Å². The van der Waals surface area contributed by atoms with Gasteiger partial charge in [-0.15, -0.1) is 16.7 Å². The zero-order valence-electron chi connectivity index (χ0n) is 17.4. The van der Waals surface area contributed by atoms with Gasteiger partial charge >= 0.3 is 6.16 Å². The number of rotatable bonds is 3. The number of alkyl halides is 1. The van der Waals surface area contributed by atoms with Crippen molar-refractivity contribution in [3.8, 4) is 0 Å². The summed E-state index contributed by atoms with van der Waals surface area (Å²) in [4.78, 5) is 31.8. The average molecular weight is 457 g/mol. The maximum absolute atomic E-state index is 12.5. The fraction of sp³-hybridized carbons (Fsp3) is 0.500. The van der Waals surface area contributed by atoms with Crippen molar-refractivity contribution in [2.24, 2.45) is 0 Å². The predicted octanol–water partition coefficient (Wildman–Crippen LogP) is 3.51. The van der Waals surface area contributed by atoms with Crippen LogP contribution in [0.5, 0.6) is 0 Å². The molecule has 0 aromatic heterocycles. The number of hydrazine groups is 1. The Bertz CT molecular complexity index is 825. The average Bonchev–Trinajstić information content (AvgIpc) is 2.63. The minimum absolute atomic E-state index is 0.0494. The summed E-state index contributed by atoms with van der Waals surface area (Å²) >= 11 is 12.4. The second-order valence-corrected chi connectivity index (χ2v) is 9.10. The van der Waals surface area contributed by atoms with Crippen LogP contribution in [-0.2, 0) is 14.4 Å². The van der Waals surface area contributed by atoms with Crippen LogP contribution in [0.3, 0.4) is 0 Å². The number of carbonyl (C=O) groups excluding carboxylic acids is 2. The van der Waals surface area contributed by atoms with Crippen LogP contribution in [0.2, 0.25) is 5.02 Å². The molecular formula is C20H26Cl2N4O4. The quantitative estimate of drug-likeness (QED) is 0.550. The van der Waals surface area contributed by atoms with E-state index in [2.05, 4.69) is 5.43 Å². The normalized spacial score (nSPS) is 23.0. The number of piperazine rings is 1. The molecule has 30 heavy (non-hydrogen) atoms. The van der Waals surface area contributed by atoms with Crippen molar-refractivity contribution in [3.63, 3.8) is 0 Å². The van der Waals surface area contributed by atoms with Gasteiger partial charge in [0, 0.05) is 23.8 Å². The molecule has 3 rings (SSSR count). The second-order valence-electron chi connectivity index (χ2n) is 8.23. The molecule has 8 nitrogen and oxygen atoms in total. The first-order valence-corrected chi connectivity index (χ1v) is 10.5. The number of hydroxylamine groups is 2. The van der Waals surface area contributed by atoms with Crippen molar-refractivity contribution >= 4 is 41.0 Å². The molecular weight excluding hydrogens is 431 g/mol. The standard InChI is InChI=1S/C20H26Cl2N4O4/c1-13-11-24(30-19(28)29-20(2,3)4)9-10-25(13)16-12-26(23-18(27)17(16)22)15-7-5-14(21)6-8-15/h5-8,12-13,17H,9-11H2,1-4H3,(H,23,27). The Balaban J connectivity index is 1.70. The van der Waals surface area contributed by atoms with Gasteiger partial charge in [0.2, 0.25) is 0 Å². The molecule has 2 aliphatic rings. The third kappa shape index (κ3) is 5.50. The van der Waals surface area contributed by atoms with E-state index in [0.29, 0.717) is 30.4 Å². The SMILES string of the molecule is CC1CN(OC(=O)OC(C)(C)C)CCN1C1=CN(c2ccc(Cl)cc2)NC(=O)C1Cl. The molecule has 1 N–H and O–H groups in total. The summed E-state index contributed by atoms with van der Waals surface area (Å²) in [5.41, 5.74) is 3.58. The lowest BCUT2D eigenvalue weighted by Gasteiger charge is -2.43. The molecule has 0 radical (unpaired) electrons.